The van der Waals surface area contributed by atoms with Gasteiger partial charge in [0.25, 0.3) is 5.56 Å². The molecule has 1 atom stereocenters. The molecule has 1 aromatic carbocycles. The van der Waals surface area contributed by atoms with Crippen molar-refractivity contribution >= 4 is 34.3 Å². The van der Waals surface area contributed by atoms with Gasteiger partial charge in [0.15, 0.2) is 0 Å². The number of carboxylic acids is 1. The number of fused-ring (bicyclic) bond motifs is 1. The lowest BCUT2D eigenvalue weighted by Gasteiger charge is -2.19. The first-order chi connectivity index (χ1) is 12.5. The zero-order chi connectivity index (χ0) is 18.3. The van der Waals surface area contributed by atoms with Crippen LogP contribution < -0.4 is 10.5 Å². The summed E-state index contributed by atoms with van der Waals surface area (Å²) in [7, 11) is 0. The number of hydrogen-bond donors (Lipinski definition) is 1. The second kappa shape index (κ2) is 6.42. The molecule has 0 spiro atoms. The normalized spacial score (nSPS) is 17.0. The minimum atomic E-state index is -1.07. The molecule has 1 aliphatic rings. The number of rotatable bonds is 3. The molecule has 0 amide bonds. The smallest absolute Gasteiger partial charge is 0.337 e. The van der Waals surface area contributed by atoms with Gasteiger partial charge >= 0.3 is 5.97 Å². The molecule has 1 fully saturated rings. The van der Waals surface area contributed by atoms with Gasteiger partial charge in [-0.15, -0.1) is 0 Å². The van der Waals surface area contributed by atoms with Gasteiger partial charge in [0, 0.05) is 19.3 Å². The van der Waals surface area contributed by atoms with Gasteiger partial charge in [-0.2, -0.15) is 0 Å². The summed E-state index contributed by atoms with van der Waals surface area (Å²) in [4.78, 5) is 34.3. The molecule has 4 rings (SSSR count). The third-order valence-corrected chi connectivity index (χ3v) is 4.89. The number of benzene rings is 1. The Hall–Kier alpha value is -2.93. The van der Waals surface area contributed by atoms with Crippen LogP contribution in [-0.2, 0) is 0 Å². The molecule has 1 unspecified atom stereocenters. The fraction of sp³-hybridized carbons (Fsp3) is 0.222. The van der Waals surface area contributed by atoms with Gasteiger partial charge in [0.05, 0.1) is 33.9 Å². The predicted molar refractivity (Wildman–Crippen MR) is 98.1 cm³/mol. The van der Waals surface area contributed by atoms with Gasteiger partial charge in [0.2, 0.25) is 0 Å². The van der Waals surface area contributed by atoms with E-state index in [0.717, 1.165) is 6.42 Å². The quantitative estimate of drug-likeness (QED) is 0.762. The summed E-state index contributed by atoms with van der Waals surface area (Å²) >= 11 is 6.21. The van der Waals surface area contributed by atoms with E-state index in [9.17, 15) is 9.59 Å². The lowest BCUT2D eigenvalue weighted by molar-refractivity contribution is 0.0696. The molecule has 2 aromatic heterocycles. The maximum Gasteiger partial charge on any atom is 0.337 e. The van der Waals surface area contributed by atoms with E-state index in [1.165, 1.54) is 12.3 Å². The van der Waals surface area contributed by atoms with E-state index in [-0.39, 0.29) is 22.2 Å². The van der Waals surface area contributed by atoms with Gasteiger partial charge in [-0.05, 0) is 24.6 Å². The maximum absolute atomic E-state index is 12.7. The number of hydrogen-bond acceptors (Lipinski definition) is 5. The number of aromatic nitrogens is 3. The van der Waals surface area contributed by atoms with Crippen molar-refractivity contribution in [2.45, 2.75) is 12.5 Å². The largest absolute Gasteiger partial charge is 0.478 e. The average Bonchev–Trinajstić information content (AvgIpc) is 3.11. The fourth-order valence-electron chi connectivity index (χ4n) is 3.28. The van der Waals surface area contributed by atoms with Crippen molar-refractivity contribution in [3.8, 4) is 0 Å². The summed E-state index contributed by atoms with van der Waals surface area (Å²) in [5.74, 6) is -0.542. The fourth-order valence-corrected chi connectivity index (χ4v) is 3.57. The van der Waals surface area contributed by atoms with Crippen LogP contribution in [0.25, 0.3) is 10.9 Å². The van der Waals surface area contributed by atoms with E-state index in [4.69, 9.17) is 16.7 Å². The minimum absolute atomic E-state index is 0.0448. The molecule has 1 N–H and O–H groups in total. The Balaban J connectivity index is 1.62. The SMILES string of the molecule is O=C(O)c1cnc(N2CCC(n3cnc4ccccc4c3=O)C2)c(Cl)c1. The monoisotopic (exact) mass is 370 g/mol. The van der Waals surface area contributed by atoms with Crippen molar-refractivity contribution in [1.82, 2.24) is 14.5 Å². The van der Waals surface area contributed by atoms with Crippen LogP contribution >= 0.6 is 11.6 Å². The van der Waals surface area contributed by atoms with Gasteiger partial charge in [0.1, 0.15) is 5.82 Å². The number of aromatic carboxylic acids is 1. The first kappa shape index (κ1) is 16.5. The van der Waals surface area contributed by atoms with Crippen LogP contribution in [0.5, 0.6) is 0 Å². The molecular formula is C18H15ClN4O3. The number of halogens is 1. The second-order valence-corrected chi connectivity index (χ2v) is 6.60. The lowest BCUT2D eigenvalue weighted by atomic mass is 10.2. The average molecular weight is 371 g/mol. The second-order valence-electron chi connectivity index (χ2n) is 6.20. The van der Waals surface area contributed by atoms with Crippen molar-refractivity contribution in [2.24, 2.45) is 0 Å². The molecule has 3 heterocycles. The standard InChI is InChI=1S/C18H15ClN4O3/c19-14-7-11(18(25)26)8-20-16(14)22-6-5-12(9-22)23-10-21-15-4-2-1-3-13(15)17(23)24/h1-4,7-8,10,12H,5-6,9H2,(H,25,26). The molecule has 0 aliphatic carbocycles. The van der Waals surface area contributed by atoms with E-state index < -0.39 is 5.97 Å². The molecule has 26 heavy (non-hydrogen) atoms. The molecule has 1 saturated heterocycles. The Morgan fingerprint density at radius 1 is 1.27 bits per heavy atom. The number of para-hydroxylation sites is 1. The third-order valence-electron chi connectivity index (χ3n) is 4.62. The van der Waals surface area contributed by atoms with Crippen molar-refractivity contribution < 1.29 is 9.90 Å². The molecule has 3 aromatic rings. The number of carboxylic acid groups (broad SMARTS) is 1. The highest BCUT2D eigenvalue weighted by Crippen LogP contribution is 2.30. The van der Waals surface area contributed by atoms with E-state index >= 15 is 0 Å². The van der Waals surface area contributed by atoms with Gasteiger partial charge < -0.3 is 10.0 Å². The highest BCUT2D eigenvalue weighted by atomic mass is 35.5. The first-order valence-electron chi connectivity index (χ1n) is 8.14. The zero-order valence-corrected chi connectivity index (χ0v) is 14.4. The molecule has 1 aliphatic heterocycles. The van der Waals surface area contributed by atoms with Crippen molar-refractivity contribution in [3.63, 3.8) is 0 Å². The lowest BCUT2D eigenvalue weighted by Crippen LogP contribution is -2.28. The number of pyridine rings is 1. The predicted octanol–water partition coefficient (Wildman–Crippen LogP) is 2.59. The maximum atomic E-state index is 12.7. The van der Waals surface area contributed by atoms with Crippen LogP contribution in [0.15, 0.2) is 47.7 Å². The first-order valence-corrected chi connectivity index (χ1v) is 8.52. The van der Waals surface area contributed by atoms with Crippen molar-refractivity contribution in [3.05, 3.63) is 63.8 Å². The van der Waals surface area contributed by atoms with E-state index in [0.29, 0.717) is 29.8 Å². The van der Waals surface area contributed by atoms with Gasteiger partial charge in [-0.25, -0.2) is 14.8 Å². The zero-order valence-electron chi connectivity index (χ0n) is 13.7. The van der Waals surface area contributed by atoms with Crippen LogP contribution in [-0.4, -0.2) is 38.7 Å². The molecule has 132 valence electrons. The molecule has 7 nitrogen and oxygen atoms in total. The summed E-state index contributed by atoms with van der Waals surface area (Å²) < 4.78 is 1.65. The summed E-state index contributed by atoms with van der Waals surface area (Å²) in [5.41, 5.74) is 0.657. The van der Waals surface area contributed by atoms with E-state index in [1.54, 1.807) is 17.0 Å². The summed E-state index contributed by atoms with van der Waals surface area (Å²) in [6.07, 6.45) is 3.63. The van der Waals surface area contributed by atoms with Crippen LogP contribution in [0.3, 0.4) is 0 Å². The van der Waals surface area contributed by atoms with Crippen molar-refractivity contribution in [1.29, 1.82) is 0 Å². The minimum Gasteiger partial charge on any atom is -0.478 e. The molecular weight excluding hydrogens is 356 g/mol. The van der Waals surface area contributed by atoms with Gasteiger partial charge in [-0.3, -0.25) is 9.36 Å². The summed E-state index contributed by atoms with van der Waals surface area (Å²) in [6, 6.07) is 8.61. The Labute approximate surface area is 153 Å². The molecule has 8 heteroatoms. The molecule has 0 radical (unpaired) electrons. The van der Waals surface area contributed by atoms with E-state index in [1.807, 2.05) is 23.1 Å². The highest BCUT2D eigenvalue weighted by molar-refractivity contribution is 6.33. The van der Waals surface area contributed by atoms with Gasteiger partial charge in [-0.1, -0.05) is 23.7 Å². The van der Waals surface area contributed by atoms with Crippen LogP contribution in [0.2, 0.25) is 5.02 Å². The van der Waals surface area contributed by atoms with Crippen molar-refractivity contribution in [2.75, 3.05) is 18.0 Å². The number of nitrogens with zero attached hydrogens (tertiary/aromatic N) is 4. The Morgan fingerprint density at radius 3 is 2.85 bits per heavy atom. The van der Waals surface area contributed by atoms with Crippen LogP contribution in [0.1, 0.15) is 22.8 Å². The molecule has 0 bridgehead atoms. The van der Waals surface area contributed by atoms with Crippen LogP contribution in [0.4, 0.5) is 5.82 Å². The highest BCUT2D eigenvalue weighted by Gasteiger charge is 2.27. The number of anilines is 1. The Kier molecular flexibility index (Phi) is 4.08. The number of carbonyl (C=O) groups is 1. The van der Waals surface area contributed by atoms with E-state index in [2.05, 4.69) is 9.97 Å². The van der Waals surface area contributed by atoms with Crippen LogP contribution in [0, 0.1) is 0 Å². The summed E-state index contributed by atoms with van der Waals surface area (Å²) in [5, 5.41) is 9.90. The topological polar surface area (TPSA) is 88.3 Å². The summed E-state index contributed by atoms with van der Waals surface area (Å²) in [6.45, 7) is 1.22. The molecule has 0 saturated carbocycles. The Bertz CT molecular complexity index is 1070. The Morgan fingerprint density at radius 2 is 2.08 bits per heavy atom. The third kappa shape index (κ3) is 2.80.